The van der Waals surface area contributed by atoms with Crippen molar-refractivity contribution in [2.45, 2.75) is 31.0 Å². The monoisotopic (exact) mass is 464 g/mol. The molecule has 2 N–H and O–H groups in total. The molecule has 33 heavy (non-hydrogen) atoms. The number of alkyl halides is 3. The molecule has 0 heterocycles. The van der Waals surface area contributed by atoms with Crippen LogP contribution in [0.5, 0.6) is 0 Å². The normalized spacial score (nSPS) is 13.6. The van der Waals surface area contributed by atoms with Crippen LogP contribution in [0.25, 0.3) is 11.1 Å². The van der Waals surface area contributed by atoms with Crippen molar-refractivity contribution in [1.29, 1.82) is 0 Å². The molecule has 1 aliphatic rings. The van der Waals surface area contributed by atoms with E-state index in [2.05, 4.69) is 0 Å². The second-order valence-electron chi connectivity index (χ2n) is 7.70. The van der Waals surface area contributed by atoms with Gasteiger partial charge >= 0.3 is 18.2 Å². The van der Waals surface area contributed by atoms with Gasteiger partial charge in [-0.1, -0.05) is 48.5 Å². The zero-order chi connectivity index (χ0) is 24.2. The summed E-state index contributed by atoms with van der Waals surface area (Å²) in [6.07, 6.45) is -6.74. The number of carboxylic acid groups (broad SMARTS) is 1. The minimum atomic E-state index is -5.05. The number of amides is 2. The number of carboxylic acids is 1. The van der Waals surface area contributed by atoms with Crippen molar-refractivity contribution in [2.75, 3.05) is 20.2 Å². The van der Waals surface area contributed by atoms with Crippen molar-refractivity contribution in [3.63, 3.8) is 0 Å². The number of nitrogens with zero attached hydrogens (tertiary/aromatic N) is 1. The van der Waals surface area contributed by atoms with E-state index in [4.69, 9.17) is 9.84 Å². The van der Waals surface area contributed by atoms with Crippen LogP contribution >= 0.6 is 0 Å². The lowest BCUT2D eigenvalue weighted by atomic mass is 9.98. The molecule has 3 rings (SSSR count). The summed E-state index contributed by atoms with van der Waals surface area (Å²) in [6.45, 7) is -0.406. The van der Waals surface area contributed by atoms with Gasteiger partial charge in [-0.15, -0.1) is 0 Å². The lowest BCUT2D eigenvalue weighted by Gasteiger charge is -2.26. The topological polar surface area (TPSA) is 95.9 Å². The number of nitrogens with one attached hydrogen (secondary N) is 1. The number of aliphatic carboxylic acids is 1. The van der Waals surface area contributed by atoms with E-state index < -0.39 is 30.2 Å². The van der Waals surface area contributed by atoms with Crippen molar-refractivity contribution in [3.05, 3.63) is 59.7 Å². The second kappa shape index (κ2) is 9.93. The fraction of sp³-hybridized carbons (Fsp3) is 0.348. The number of rotatable bonds is 8. The first-order chi connectivity index (χ1) is 15.6. The minimum absolute atomic E-state index is 0.0207. The SMILES string of the molecule is CN(CCCC(=O)O)C(=O)C(NC(=O)OCC1c2ccccc2-c2ccccc21)C(F)(F)F. The highest BCUT2D eigenvalue weighted by Gasteiger charge is 2.47. The van der Waals surface area contributed by atoms with Gasteiger partial charge in [-0.2, -0.15) is 13.2 Å². The number of hydrogen-bond acceptors (Lipinski definition) is 4. The maximum atomic E-state index is 13.5. The number of benzene rings is 2. The average Bonchev–Trinajstić information content (AvgIpc) is 3.08. The first-order valence-electron chi connectivity index (χ1n) is 10.2. The molecule has 0 aliphatic heterocycles. The number of hydrogen-bond donors (Lipinski definition) is 2. The molecule has 0 bridgehead atoms. The predicted molar refractivity (Wildman–Crippen MR) is 113 cm³/mol. The van der Waals surface area contributed by atoms with Gasteiger partial charge in [0.15, 0.2) is 0 Å². The molecule has 2 aromatic carbocycles. The highest BCUT2D eigenvalue weighted by molar-refractivity contribution is 5.86. The van der Waals surface area contributed by atoms with Crippen LogP contribution in [0.4, 0.5) is 18.0 Å². The number of likely N-dealkylation sites (N-methyl/N-ethyl adjacent to an activating group) is 1. The van der Waals surface area contributed by atoms with Gasteiger partial charge < -0.3 is 20.1 Å². The Hall–Kier alpha value is -3.56. The van der Waals surface area contributed by atoms with Gasteiger partial charge in [0.2, 0.25) is 6.04 Å². The van der Waals surface area contributed by atoms with E-state index >= 15 is 0 Å². The number of ether oxygens (including phenoxy) is 1. The first-order valence-corrected chi connectivity index (χ1v) is 10.2. The van der Waals surface area contributed by atoms with E-state index in [-0.39, 0.29) is 31.9 Å². The average molecular weight is 464 g/mol. The molecule has 10 heteroatoms. The smallest absolute Gasteiger partial charge is 0.417 e. The van der Waals surface area contributed by atoms with Gasteiger partial charge in [0, 0.05) is 25.9 Å². The molecule has 1 atom stereocenters. The molecule has 0 spiro atoms. The van der Waals surface area contributed by atoms with Crippen LogP contribution in [0.2, 0.25) is 0 Å². The van der Waals surface area contributed by atoms with Crippen molar-refractivity contribution in [2.24, 2.45) is 0 Å². The van der Waals surface area contributed by atoms with E-state index in [1.165, 1.54) is 0 Å². The van der Waals surface area contributed by atoms with Crippen LogP contribution in [0.15, 0.2) is 48.5 Å². The Balaban J connectivity index is 1.66. The predicted octanol–water partition coefficient (Wildman–Crippen LogP) is 3.78. The quantitative estimate of drug-likeness (QED) is 0.620. The molecule has 0 saturated carbocycles. The molecule has 0 saturated heterocycles. The molecule has 176 valence electrons. The van der Waals surface area contributed by atoms with E-state index in [0.29, 0.717) is 0 Å². The zero-order valence-corrected chi connectivity index (χ0v) is 17.8. The van der Waals surface area contributed by atoms with Gasteiger partial charge in [0.05, 0.1) is 0 Å². The van der Waals surface area contributed by atoms with Crippen LogP contribution in [0, 0.1) is 0 Å². The summed E-state index contributed by atoms with van der Waals surface area (Å²) in [6, 6.07) is 12.2. The van der Waals surface area contributed by atoms with Gasteiger partial charge in [0.25, 0.3) is 5.91 Å². The Labute approximate surface area is 188 Å². The first kappa shape index (κ1) is 24.1. The van der Waals surface area contributed by atoms with Crippen LogP contribution < -0.4 is 5.32 Å². The molecule has 7 nitrogen and oxygen atoms in total. The third kappa shape index (κ3) is 5.63. The molecule has 0 fully saturated rings. The maximum absolute atomic E-state index is 13.5. The lowest BCUT2D eigenvalue weighted by Crippen LogP contribution is -2.55. The number of halogens is 3. The summed E-state index contributed by atoms with van der Waals surface area (Å²) < 4.78 is 45.5. The molecule has 1 aliphatic carbocycles. The van der Waals surface area contributed by atoms with E-state index in [9.17, 15) is 27.6 Å². The number of carbonyl (C=O) groups excluding carboxylic acids is 2. The Morgan fingerprint density at radius 2 is 1.61 bits per heavy atom. The molecule has 2 aromatic rings. The lowest BCUT2D eigenvalue weighted by molar-refractivity contribution is -0.173. The summed E-state index contributed by atoms with van der Waals surface area (Å²) >= 11 is 0. The second-order valence-corrected chi connectivity index (χ2v) is 7.70. The Bertz CT molecular complexity index is 995. The van der Waals surface area contributed by atoms with E-state index in [1.807, 2.05) is 48.5 Å². The number of alkyl carbamates (subject to hydrolysis) is 1. The van der Waals surface area contributed by atoms with E-state index in [0.717, 1.165) is 34.2 Å². The van der Waals surface area contributed by atoms with Crippen molar-refractivity contribution in [3.8, 4) is 11.1 Å². The third-order valence-corrected chi connectivity index (χ3v) is 5.44. The van der Waals surface area contributed by atoms with E-state index in [1.54, 1.807) is 5.32 Å². The number of carbonyl (C=O) groups is 3. The molecule has 0 aromatic heterocycles. The Morgan fingerprint density at radius 3 is 2.12 bits per heavy atom. The van der Waals surface area contributed by atoms with Crippen molar-refractivity contribution in [1.82, 2.24) is 10.2 Å². The van der Waals surface area contributed by atoms with Gasteiger partial charge in [-0.3, -0.25) is 9.59 Å². The van der Waals surface area contributed by atoms with Gasteiger partial charge in [0.1, 0.15) is 6.61 Å². The maximum Gasteiger partial charge on any atom is 0.417 e. The summed E-state index contributed by atoms with van der Waals surface area (Å²) in [5, 5.41) is 10.3. The highest BCUT2D eigenvalue weighted by Crippen LogP contribution is 2.44. The summed E-state index contributed by atoms with van der Waals surface area (Å²) in [5.74, 6) is -2.87. The van der Waals surface area contributed by atoms with Crippen LogP contribution in [0.1, 0.15) is 29.9 Å². The zero-order valence-electron chi connectivity index (χ0n) is 17.8. The summed E-state index contributed by atoms with van der Waals surface area (Å²) in [4.78, 5) is 35.8. The van der Waals surface area contributed by atoms with Crippen LogP contribution in [0.3, 0.4) is 0 Å². The highest BCUT2D eigenvalue weighted by atomic mass is 19.4. The Morgan fingerprint density at radius 1 is 1.06 bits per heavy atom. The van der Waals surface area contributed by atoms with Gasteiger partial charge in [-0.25, -0.2) is 4.79 Å². The summed E-state index contributed by atoms with van der Waals surface area (Å²) in [5.41, 5.74) is 3.73. The van der Waals surface area contributed by atoms with Crippen molar-refractivity contribution < 1.29 is 37.4 Å². The third-order valence-electron chi connectivity index (χ3n) is 5.44. The molecule has 2 amide bonds. The molecule has 1 unspecified atom stereocenters. The summed E-state index contributed by atoms with van der Waals surface area (Å²) in [7, 11) is 1.11. The molecular formula is C23H23F3N2O5. The fourth-order valence-corrected chi connectivity index (χ4v) is 3.84. The number of fused-ring (bicyclic) bond motifs is 3. The molecular weight excluding hydrogens is 441 g/mol. The fourth-order valence-electron chi connectivity index (χ4n) is 3.84. The van der Waals surface area contributed by atoms with Crippen LogP contribution in [-0.4, -0.2) is 60.4 Å². The molecule has 0 radical (unpaired) electrons. The van der Waals surface area contributed by atoms with Gasteiger partial charge in [-0.05, 0) is 28.7 Å². The minimum Gasteiger partial charge on any atom is -0.481 e. The largest absolute Gasteiger partial charge is 0.481 e. The standard InChI is InChI=1S/C23H23F3N2O5/c1-28(12-6-11-19(29)30)21(31)20(23(24,25)26)27-22(32)33-13-18-16-9-4-2-7-14(16)15-8-3-5-10-17(15)18/h2-5,7-10,18,20H,6,11-13H2,1H3,(H,27,32)(H,29,30). The Kier molecular flexibility index (Phi) is 7.25. The van der Waals surface area contributed by atoms with Crippen LogP contribution in [-0.2, 0) is 14.3 Å². The van der Waals surface area contributed by atoms with Crippen molar-refractivity contribution >= 4 is 18.0 Å².